The molecule has 0 aromatic heterocycles. The van der Waals surface area contributed by atoms with Crippen molar-refractivity contribution in [2.45, 2.75) is 45.3 Å². The summed E-state index contributed by atoms with van der Waals surface area (Å²) >= 11 is 0. The molecule has 6 heteroatoms. The lowest BCUT2D eigenvalue weighted by atomic mass is 9.72. The van der Waals surface area contributed by atoms with Gasteiger partial charge >= 0.3 is 11.9 Å². The van der Waals surface area contributed by atoms with E-state index in [0.29, 0.717) is 19.6 Å². The Morgan fingerprint density at radius 1 is 1.14 bits per heavy atom. The van der Waals surface area contributed by atoms with Crippen molar-refractivity contribution in [2.24, 2.45) is 17.3 Å². The number of rotatable bonds is 10. The number of hydrogen-bond acceptors (Lipinski definition) is 6. The maximum atomic E-state index is 13.1. The SMILES string of the molecule is C=C/C=C/CC(C[C@H]1[C@H](C=C)CCC12OCCO2)(C(=O)OCC)C(=O)OCC. The molecule has 1 aliphatic heterocycles. The van der Waals surface area contributed by atoms with E-state index in [4.69, 9.17) is 18.9 Å². The molecule has 0 unspecified atom stereocenters. The van der Waals surface area contributed by atoms with Crippen molar-refractivity contribution in [1.29, 1.82) is 0 Å². The second-order valence-electron chi connectivity index (χ2n) is 7.15. The fourth-order valence-electron chi connectivity index (χ4n) is 4.28. The molecule has 0 bridgehead atoms. The summed E-state index contributed by atoms with van der Waals surface area (Å²) < 4.78 is 22.6. The third kappa shape index (κ3) is 4.39. The van der Waals surface area contributed by atoms with Crippen LogP contribution in [0.25, 0.3) is 0 Å². The first-order valence-corrected chi connectivity index (χ1v) is 10.0. The smallest absolute Gasteiger partial charge is 0.323 e. The van der Waals surface area contributed by atoms with Gasteiger partial charge < -0.3 is 18.9 Å². The maximum Gasteiger partial charge on any atom is 0.323 e. The van der Waals surface area contributed by atoms with Gasteiger partial charge in [-0.2, -0.15) is 0 Å². The molecule has 1 aliphatic carbocycles. The summed E-state index contributed by atoms with van der Waals surface area (Å²) in [6.07, 6.45) is 8.85. The normalized spacial score (nSPS) is 23.8. The molecule has 6 nitrogen and oxygen atoms in total. The van der Waals surface area contributed by atoms with E-state index in [1.807, 2.05) is 6.08 Å². The first kappa shape index (κ1) is 22.4. The van der Waals surface area contributed by atoms with Gasteiger partial charge in [-0.05, 0) is 39.0 Å². The van der Waals surface area contributed by atoms with Crippen LogP contribution in [0.5, 0.6) is 0 Å². The van der Waals surface area contributed by atoms with Gasteiger partial charge in [0.1, 0.15) is 0 Å². The summed E-state index contributed by atoms with van der Waals surface area (Å²) in [6.45, 7) is 12.4. The van der Waals surface area contributed by atoms with Gasteiger partial charge in [-0.3, -0.25) is 9.59 Å². The van der Waals surface area contributed by atoms with Crippen molar-refractivity contribution < 1.29 is 28.5 Å². The van der Waals surface area contributed by atoms with E-state index < -0.39 is 23.1 Å². The predicted molar refractivity (Wildman–Crippen MR) is 105 cm³/mol. The number of carbonyl (C=O) groups is 2. The zero-order valence-corrected chi connectivity index (χ0v) is 17.0. The van der Waals surface area contributed by atoms with Crippen LogP contribution in [0.3, 0.4) is 0 Å². The van der Waals surface area contributed by atoms with Crippen LogP contribution >= 0.6 is 0 Å². The number of hydrogen-bond donors (Lipinski definition) is 0. The van der Waals surface area contributed by atoms with Crippen LogP contribution in [-0.4, -0.2) is 44.2 Å². The molecular weight excluding hydrogens is 360 g/mol. The summed E-state index contributed by atoms with van der Waals surface area (Å²) in [5.41, 5.74) is -1.47. The molecule has 0 amide bonds. The van der Waals surface area contributed by atoms with E-state index in [9.17, 15) is 9.59 Å². The van der Waals surface area contributed by atoms with E-state index in [0.717, 1.165) is 6.42 Å². The minimum Gasteiger partial charge on any atom is -0.465 e. The highest BCUT2D eigenvalue weighted by Gasteiger charge is 2.58. The van der Waals surface area contributed by atoms with Crippen LogP contribution in [0.15, 0.2) is 37.5 Å². The summed E-state index contributed by atoms with van der Waals surface area (Å²) in [7, 11) is 0. The van der Waals surface area contributed by atoms with Crippen molar-refractivity contribution in [2.75, 3.05) is 26.4 Å². The number of esters is 2. The Labute approximate surface area is 167 Å². The van der Waals surface area contributed by atoms with Crippen LogP contribution in [-0.2, 0) is 28.5 Å². The molecule has 0 aromatic rings. The zero-order chi connectivity index (χ0) is 20.6. The van der Waals surface area contributed by atoms with E-state index in [1.54, 1.807) is 32.1 Å². The van der Waals surface area contributed by atoms with Gasteiger partial charge in [-0.15, -0.1) is 6.58 Å². The van der Waals surface area contributed by atoms with E-state index in [2.05, 4.69) is 13.2 Å². The van der Waals surface area contributed by atoms with Crippen LogP contribution in [0.4, 0.5) is 0 Å². The van der Waals surface area contributed by atoms with Gasteiger partial charge in [0.25, 0.3) is 0 Å². The largest absolute Gasteiger partial charge is 0.465 e. The van der Waals surface area contributed by atoms with Gasteiger partial charge in [0.05, 0.1) is 26.4 Å². The average Bonchev–Trinajstić information content (AvgIpc) is 3.29. The molecule has 2 fully saturated rings. The van der Waals surface area contributed by atoms with Crippen LogP contribution in [0.1, 0.15) is 39.5 Å². The van der Waals surface area contributed by atoms with Crippen LogP contribution in [0, 0.1) is 17.3 Å². The van der Waals surface area contributed by atoms with Gasteiger partial charge in [0.15, 0.2) is 11.2 Å². The Balaban J connectivity index is 2.46. The second-order valence-corrected chi connectivity index (χ2v) is 7.15. The van der Waals surface area contributed by atoms with Crippen molar-refractivity contribution >= 4 is 11.9 Å². The van der Waals surface area contributed by atoms with Crippen molar-refractivity contribution in [1.82, 2.24) is 0 Å². The fourth-order valence-corrected chi connectivity index (χ4v) is 4.28. The molecule has 0 radical (unpaired) electrons. The first-order valence-electron chi connectivity index (χ1n) is 10.0. The fraction of sp³-hybridized carbons (Fsp3) is 0.636. The van der Waals surface area contributed by atoms with E-state index in [-0.39, 0.29) is 37.9 Å². The Morgan fingerprint density at radius 2 is 1.75 bits per heavy atom. The quantitative estimate of drug-likeness (QED) is 0.245. The molecule has 1 spiro atoms. The highest BCUT2D eigenvalue weighted by molar-refractivity contribution is 6.00. The lowest BCUT2D eigenvalue weighted by Crippen LogP contribution is -2.48. The topological polar surface area (TPSA) is 71.1 Å². The Bertz CT molecular complexity index is 584. The Hall–Kier alpha value is -1.92. The van der Waals surface area contributed by atoms with Crippen molar-refractivity contribution in [3.8, 4) is 0 Å². The molecule has 0 aromatic carbocycles. The lowest BCUT2D eigenvalue weighted by molar-refractivity contribution is -0.199. The lowest BCUT2D eigenvalue weighted by Gasteiger charge is -2.37. The molecule has 2 rings (SSSR count). The molecular formula is C22H32O6. The number of allylic oxidation sites excluding steroid dienone is 4. The molecule has 2 aliphatic rings. The summed E-state index contributed by atoms with van der Waals surface area (Å²) in [4.78, 5) is 26.1. The number of ether oxygens (including phenoxy) is 4. The summed E-state index contributed by atoms with van der Waals surface area (Å²) in [6, 6.07) is 0. The van der Waals surface area contributed by atoms with Gasteiger partial charge in [0.2, 0.25) is 0 Å². The van der Waals surface area contributed by atoms with Crippen molar-refractivity contribution in [3.05, 3.63) is 37.5 Å². The van der Waals surface area contributed by atoms with Crippen molar-refractivity contribution in [3.63, 3.8) is 0 Å². The molecule has 0 N–H and O–H groups in total. The number of carbonyl (C=O) groups excluding carboxylic acids is 2. The molecule has 28 heavy (non-hydrogen) atoms. The molecule has 1 saturated carbocycles. The predicted octanol–water partition coefficient (Wildman–Crippen LogP) is 3.58. The minimum absolute atomic E-state index is 0.0738. The second kappa shape index (κ2) is 10.0. The first-order chi connectivity index (χ1) is 13.5. The Morgan fingerprint density at radius 3 is 2.25 bits per heavy atom. The molecule has 156 valence electrons. The van der Waals surface area contributed by atoms with Crippen LogP contribution < -0.4 is 0 Å². The minimum atomic E-state index is -1.47. The summed E-state index contributed by atoms with van der Waals surface area (Å²) in [5.74, 6) is -2.07. The monoisotopic (exact) mass is 392 g/mol. The average molecular weight is 392 g/mol. The highest BCUT2D eigenvalue weighted by atomic mass is 16.7. The molecule has 2 atom stereocenters. The van der Waals surface area contributed by atoms with Crippen LogP contribution in [0.2, 0.25) is 0 Å². The Kier molecular flexibility index (Phi) is 8.01. The van der Waals surface area contributed by atoms with Gasteiger partial charge in [0, 0.05) is 12.3 Å². The maximum absolute atomic E-state index is 13.1. The molecule has 1 saturated heterocycles. The molecule has 1 heterocycles. The third-order valence-electron chi connectivity index (χ3n) is 5.63. The van der Waals surface area contributed by atoms with E-state index >= 15 is 0 Å². The van der Waals surface area contributed by atoms with E-state index in [1.165, 1.54) is 0 Å². The standard InChI is InChI=1S/C22H32O6/c1-5-9-10-12-21(19(23)25-7-3,20(24)26-8-4)16-18-17(6-2)11-13-22(18)27-14-15-28-22/h5-6,9-10,17-18H,1-2,7-8,11-16H2,3-4H3/b10-9+/t17-,18+/m1/s1. The zero-order valence-electron chi connectivity index (χ0n) is 17.0. The van der Waals surface area contributed by atoms with Gasteiger partial charge in [-0.1, -0.05) is 30.9 Å². The highest BCUT2D eigenvalue weighted by Crippen LogP contribution is 2.52. The summed E-state index contributed by atoms with van der Waals surface area (Å²) in [5, 5.41) is 0. The van der Waals surface area contributed by atoms with Gasteiger partial charge in [-0.25, -0.2) is 0 Å². The third-order valence-corrected chi connectivity index (χ3v) is 5.63.